The van der Waals surface area contributed by atoms with Gasteiger partial charge in [-0.25, -0.2) is 13.4 Å². The summed E-state index contributed by atoms with van der Waals surface area (Å²) < 4.78 is 26.8. The monoisotopic (exact) mass is 423 g/mol. The first-order valence-electron chi connectivity index (χ1n) is 9.43. The number of anilines is 1. The van der Waals surface area contributed by atoms with Gasteiger partial charge in [-0.1, -0.05) is 25.1 Å². The lowest BCUT2D eigenvalue weighted by Gasteiger charge is -2.25. The molecule has 28 heavy (non-hydrogen) atoms. The number of carbonyl (C=O) groups is 1. The van der Waals surface area contributed by atoms with Crippen LogP contribution in [-0.4, -0.2) is 52.7 Å². The summed E-state index contributed by atoms with van der Waals surface area (Å²) in [6.45, 7) is 3.20. The van der Waals surface area contributed by atoms with E-state index in [1.807, 2.05) is 0 Å². The van der Waals surface area contributed by atoms with Crippen LogP contribution in [0.2, 0.25) is 0 Å². The fraction of sp³-hybridized carbons (Fsp3) is 0.500. The normalized spacial score (nSPS) is 15.5. The lowest BCUT2D eigenvalue weighted by molar-refractivity contribution is -0.113. The van der Waals surface area contributed by atoms with Gasteiger partial charge in [0.25, 0.3) is 0 Å². The number of sulfonamides is 1. The van der Waals surface area contributed by atoms with Crippen LogP contribution in [-0.2, 0) is 21.2 Å². The van der Waals surface area contributed by atoms with Crippen molar-refractivity contribution in [2.75, 3.05) is 24.2 Å². The highest BCUT2D eigenvalue weighted by atomic mass is 32.2. The molecule has 1 aromatic carbocycles. The number of H-pyrrole nitrogens is 1. The number of aromatic amines is 1. The molecule has 1 aliphatic rings. The van der Waals surface area contributed by atoms with Crippen LogP contribution in [0.4, 0.5) is 5.69 Å². The van der Waals surface area contributed by atoms with E-state index in [2.05, 4.69) is 27.4 Å². The van der Waals surface area contributed by atoms with E-state index in [1.165, 1.54) is 16.1 Å². The number of hydrogen-bond donors (Lipinski definition) is 2. The Kier molecular flexibility index (Phi) is 7.08. The second kappa shape index (κ2) is 9.53. The van der Waals surface area contributed by atoms with Crippen molar-refractivity contribution in [3.63, 3.8) is 0 Å². The first-order chi connectivity index (χ1) is 13.5. The Labute approximate surface area is 169 Å². The second-order valence-electron chi connectivity index (χ2n) is 6.64. The third kappa shape index (κ3) is 5.33. The molecule has 0 atom stereocenters. The summed E-state index contributed by atoms with van der Waals surface area (Å²) in [6.07, 6.45) is 4.67. The molecule has 2 N–H and O–H groups in total. The van der Waals surface area contributed by atoms with Crippen LogP contribution >= 0.6 is 11.8 Å². The number of rotatable bonds is 8. The quantitative estimate of drug-likeness (QED) is 0.632. The standard InChI is InChI=1S/C18H25N5O3S2/c1-2-6-16-20-18(22-21-16)27-13-17(24)19-14-7-9-15(10-8-14)28(25,26)23-11-4-3-5-12-23/h7-10H,2-6,11-13H2,1H3,(H,19,24)(H,20,21,22). The van der Waals surface area contributed by atoms with Gasteiger partial charge in [0, 0.05) is 25.2 Å². The molecule has 1 saturated heterocycles. The van der Waals surface area contributed by atoms with Crippen LogP contribution in [0.5, 0.6) is 0 Å². The Morgan fingerprint density at radius 3 is 2.61 bits per heavy atom. The number of carbonyl (C=O) groups excluding carboxylic acids is 1. The minimum atomic E-state index is -3.46. The molecule has 0 unspecified atom stereocenters. The summed E-state index contributed by atoms with van der Waals surface area (Å²) in [6, 6.07) is 6.31. The average Bonchev–Trinajstić information content (AvgIpc) is 3.15. The molecule has 3 rings (SSSR count). The molecule has 0 bridgehead atoms. The summed E-state index contributed by atoms with van der Waals surface area (Å²) in [5.41, 5.74) is 0.560. The van der Waals surface area contributed by atoms with E-state index >= 15 is 0 Å². The van der Waals surface area contributed by atoms with Crippen LogP contribution in [0.1, 0.15) is 38.4 Å². The Morgan fingerprint density at radius 2 is 1.93 bits per heavy atom. The second-order valence-corrected chi connectivity index (χ2v) is 9.52. The minimum absolute atomic E-state index is 0.178. The summed E-state index contributed by atoms with van der Waals surface area (Å²) in [5.74, 6) is 0.798. The van der Waals surface area contributed by atoms with Gasteiger partial charge >= 0.3 is 0 Å². The predicted octanol–water partition coefficient (Wildman–Crippen LogP) is 2.66. The van der Waals surface area contributed by atoms with Crippen LogP contribution in [0, 0.1) is 0 Å². The highest BCUT2D eigenvalue weighted by molar-refractivity contribution is 7.99. The summed E-state index contributed by atoms with van der Waals surface area (Å²) in [7, 11) is -3.46. The molecule has 152 valence electrons. The number of thioether (sulfide) groups is 1. The Hall–Kier alpha value is -1.91. The van der Waals surface area contributed by atoms with Gasteiger partial charge in [0.05, 0.1) is 10.6 Å². The largest absolute Gasteiger partial charge is 0.325 e. The number of hydrogen-bond acceptors (Lipinski definition) is 6. The van der Waals surface area contributed by atoms with E-state index in [-0.39, 0.29) is 16.6 Å². The van der Waals surface area contributed by atoms with Crippen LogP contribution < -0.4 is 5.32 Å². The highest BCUT2D eigenvalue weighted by Gasteiger charge is 2.25. The number of amides is 1. The molecule has 0 saturated carbocycles. The molecule has 10 heteroatoms. The van der Waals surface area contributed by atoms with Gasteiger partial charge in [-0.2, -0.15) is 4.31 Å². The zero-order valence-electron chi connectivity index (χ0n) is 15.8. The van der Waals surface area contributed by atoms with Gasteiger partial charge < -0.3 is 5.32 Å². The van der Waals surface area contributed by atoms with E-state index in [1.54, 1.807) is 24.3 Å². The van der Waals surface area contributed by atoms with E-state index < -0.39 is 10.0 Å². The fourth-order valence-corrected chi connectivity index (χ4v) is 5.12. The number of aromatic nitrogens is 3. The van der Waals surface area contributed by atoms with Crippen molar-refractivity contribution < 1.29 is 13.2 Å². The Balaban J connectivity index is 1.53. The first-order valence-corrected chi connectivity index (χ1v) is 11.9. The molecule has 0 aliphatic carbocycles. The third-order valence-electron chi connectivity index (χ3n) is 4.42. The smallest absolute Gasteiger partial charge is 0.243 e. The molecule has 1 amide bonds. The van der Waals surface area contributed by atoms with Crippen molar-refractivity contribution in [1.29, 1.82) is 0 Å². The van der Waals surface area contributed by atoms with Crippen LogP contribution in [0.15, 0.2) is 34.3 Å². The van der Waals surface area contributed by atoms with Crippen molar-refractivity contribution in [3.05, 3.63) is 30.1 Å². The average molecular weight is 424 g/mol. The minimum Gasteiger partial charge on any atom is -0.325 e. The Bertz CT molecular complexity index is 890. The highest BCUT2D eigenvalue weighted by Crippen LogP contribution is 2.22. The predicted molar refractivity (Wildman–Crippen MR) is 109 cm³/mol. The zero-order chi connectivity index (χ0) is 20.0. The lowest BCUT2D eigenvalue weighted by Crippen LogP contribution is -2.35. The van der Waals surface area contributed by atoms with Crippen molar-refractivity contribution in [2.24, 2.45) is 0 Å². The van der Waals surface area contributed by atoms with Gasteiger partial charge in [0.1, 0.15) is 5.82 Å². The zero-order valence-corrected chi connectivity index (χ0v) is 17.5. The Morgan fingerprint density at radius 1 is 1.21 bits per heavy atom. The number of piperidine rings is 1. The third-order valence-corrected chi connectivity index (χ3v) is 7.18. The number of nitrogens with zero attached hydrogens (tertiary/aromatic N) is 3. The lowest BCUT2D eigenvalue weighted by atomic mass is 10.2. The molecular weight excluding hydrogens is 398 g/mol. The van der Waals surface area contributed by atoms with Gasteiger partial charge in [-0.05, 0) is 43.5 Å². The van der Waals surface area contributed by atoms with Crippen molar-refractivity contribution >= 4 is 33.4 Å². The summed E-state index contributed by atoms with van der Waals surface area (Å²) >= 11 is 1.25. The molecule has 1 aromatic heterocycles. The van der Waals surface area contributed by atoms with Gasteiger partial charge in [0.2, 0.25) is 21.1 Å². The SMILES string of the molecule is CCCc1nc(SCC(=O)Nc2ccc(S(=O)(=O)N3CCCCC3)cc2)n[nH]1. The van der Waals surface area contributed by atoms with Gasteiger partial charge in [-0.15, -0.1) is 5.10 Å². The van der Waals surface area contributed by atoms with E-state index in [0.29, 0.717) is 23.9 Å². The maximum atomic E-state index is 12.6. The van der Waals surface area contributed by atoms with Crippen LogP contribution in [0.3, 0.4) is 0 Å². The van der Waals surface area contributed by atoms with E-state index in [4.69, 9.17) is 0 Å². The van der Waals surface area contributed by atoms with Crippen LogP contribution in [0.25, 0.3) is 0 Å². The van der Waals surface area contributed by atoms with E-state index in [0.717, 1.165) is 37.9 Å². The van der Waals surface area contributed by atoms with Gasteiger partial charge in [0.15, 0.2) is 0 Å². The summed E-state index contributed by atoms with van der Waals surface area (Å²) in [5, 5.41) is 10.2. The molecule has 1 aliphatic heterocycles. The fourth-order valence-electron chi connectivity index (χ4n) is 2.98. The molecule has 2 aromatic rings. The molecule has 8 nitrogen and oxygen atoms in total. The molecule has 0 radical (unpaired) electrons. The maximum absolute atomic E-state index is 12.6. The summed E-state index contributed by atoms with van der Waals surface area (Å²) in [4.78, 5) is 16.7. The van der Waals surface area contributed by atoms with E-state index in [9.17, 15) is 13.2 Å². The van der Waals surface area contributed by atoms with Gasteiger partial charge in [-0.3, -0.25) is 9.89 Å². The maximum Gasteiger partial charge on any atom is 0.243 e. The van der Waals surface area contributed by atoms with Crippen molar-refractivity contribution in [2.45, 2.75) is 49.1 Å². The molecule has 2 heterocycles. The molecule has 0 spiro atoms. The van der Waals surface area contributed by atoms with Crippen molar-refractivity contribution in [3.8, 4) is 0 Å². The molecular formula is C18H25N5O3S2. The number of benzene rings is 1. The molecule has 1 fully saturated rings. The number of aryl methyl sites for hydroxylation is 1. The topological polar surface area (TPSA) is 108 Å². The first kappa shape index (κ1) is 20.8. The van der Waals surface area contributed by atoms with Crippen molar-refractivity contribution in [1.82, 2.24) is 19.5 Å². The number of nitrogens with one attached hydrogen (secondary N) is 2.